The van der Waals surface area contributed by atoms with Crippen LogP contribution in [0.2, 0.25) is 0 Å². The first-order valence-corrected chi connectivity index (χ1v) is 11.2. The average molecular weight is 448 g/mol. The Morgan fingerprint density at radius 3 is 2.70 bits per heavy atom. The van der Waals surface area contributed by atoms with Gasteiger partial charge < -0.3 is 4.90 Å². The lowest BCUT2D eigenvalue weighted by molar-refractivity contribution is 0.0987. The average Bonchev–Trinajstić information content (AvgIpc) is 3.49. The number of aryl methyl sites for hydroxylation is 1. The Bertz CT molecular complexity index is 1270. The van der Waals surface area contributed by atoms with Gasteiger partial charge in [-0.3, -0.25) is 14.5 Å². The van der Waals surface area contributed by atoms with Crippen LogP contribution in [0.25, 0.3) is 21.9 Å². The summed E-state index contributed by atoms with van der Waals surface area (Å²) in [6.45, 7) is 1.83. The highest BCUT2D eigenvalue weighted by Crippen LogP contribution is 2.25. The zero-order chi connectivity index (χ0) is 22.8. The number of piperidine rings is 1. The van der Waals surface area contributed by atoms with Crippen LogP contribution >= 0.6 is 0 Å². The number of fused-ring (bicyclic) bond motifs is 1. The fourth-order valence-corrected chi connectivity index (χ4v) is 4.40. The van der Waals surface area contributed by atoms with E-state index in [-0.39, 0.29) is 24.9 Å². The normalized spacial score (nSPS) is 15.3. The smallest absolute Gasteiger partial charge is 0.190 e. The van der Waals surface area contributed by atoms with Crippen LogP contribution in [-0.4, -0.2) is 66.8 Å². The first-order valence-electron chi connectivity index (χ1n) is 11.2. The first kappa shape index (κ1) is 21.4. The van der Waals surface area contributed by atoms with E-state index >= 15 is 0 Å². The van der Waals surface area contributed by atoms with Crippen LogP contribution in [0, 0.1) is 0 Å². The number of alkyl halides is 1. The molecular formula is C24H26FN7O. The standard InChI is InChI=1S/C24H26FN7O/c1-30-15-20(14-27-30)17-2-3-18-13-26-21(11-19(18)10-17)12-24(33)23-16-32(29-28-23)22-4-7-31(8-5-22)9-6-25/h2-3,10-11,13-16,22H,4-9,12H2,1H3. The second kappa shape index (κ2) is 9.19. The van der Waals surface area contributed by atoms with Gasteiger partial charge in [0.2, 0.25) is 0 Å². The molecule has 1 aliphatic heterocycles. The maximum Gasteiger partial charge on any atom is 0.190 e. The van der Waals surface area contributed by atoms with E-state index in [9.17, 15) is 9.18 Å². The van der Waals surface area contributed by atoms with Gasteiger partial charge in [0.15, 0.2) is 5.78 Å². The maximum atomic E-state index is 12.9. The van der Waals surface area contributed by atoms with Crippen LogP contribution in [0.4, 0.5) is 4.39 Å². The van der Waals surface area contributed by atoms with Gasteiger partial charge in [0.05, 0.1) is 24.9 Å². The molecule has 5 rings (SSSR count). The van der Waals surface area contributed by atoms with Gasteiger partial charge in [0.25, 0.3) is 0 Å². The molecule has 0 radical (unpaired) electrons. The molecule has 33 heavy (non-hydrogen) atoms. The van der Waals surface area contributed by atoms with Crippen molar-refractivity contribution >= 4 is 16.6 Å². The molecule has 9 heteroatoms. The van der Waals surface area contributed by atoms with Crippen molar-refractivity contribution in [2.24, 2.45) is 7.05 Å². The number of pyridine rings is 1. The molecule has 1 saturated heterocycles. The van der Waals surface area contributed by atoms with Crippen LogP contribution in [0.15, 0.2) is 49.1 Å². The monoisotopic (exact) mass is 447 g/mol. The number of hydrogen-bond donors (Lipinski definition) is 0. The number of hydrogen-bond acceptors (Lipinski definition) is 6. The molecule has 1 aromatic carbocycles. The Balaban J connectivity index is 1.28. The van der Waals surface area contributed by atoms with E-state index in [1.807, 2.05) is 37.6 Å². The van der Waals surface area contributed by atoms with E-state index in [1.165, 1.54) is 0 Å². The molecule has 1 aliphatic rings. The molecule has 0 aliphatic carbocycles. The van der Waals surface area contributed by atoms with E-state index in [2.05, 4.69) is 31.4 Å². The number of nitrogens with zero attached hydrogens (tertiary/aromatic N) is 7. The Morgan fingerprint density at radius 1 is 1.09 bits per heavy atom. The van der Waals surface area contributed by atoms with Crippen molar-refractivity contribution < 1.29 is 9.18 Å². The van der Waals surface area contributed by atoms with Gasteiger partial charge >= 0.3 is 0 Å². The summed E-state index contributed by atoms with van der Waals surface area (Å²) in [6.07, 6.45) is 9.26. The number of likely N-dealkylation sites (tertiary alicyclic amines) is 1. The van der Waals surface area contributed by atoms with E-state index in [0.29, 0.717) is 17.9 Å². The van der Waals surface area contributed by atoms with Crippen molar-refractivity contribution in [2.45, 2.75) is 25.3 Å². The van der Waals surface area contributed by atoms with E-state index in [0.717, 1.165) is 47.8 Å². The summed E-state index contributed by atoms with van der Waals surface area (Å²) in [5, 5.41) is 14.6. The summed E-state index contributed by atoms with van der Waals surface area (Å²) < 4.78 is 16.1. The molecule has 4 aromatic rings. The number of benzene rings is 1. The maximum absolute atomic E-state index is 12.9. The molecule has 1 fully saturated rings. The van der Waals surface area contributed by atoms with Crippen molar-refractivity contribution in [3.8, 4) is 11.1 Å². The minimum absolute atomic E-state index is 0.105. The van der Waals surface area contributed by atoms with Crippen molar-refractivity contribution in [1.29, 1.82) is 0 Å². The molecule has 0 bridgehead atoms. The van der Waals surface area contributed by atoms with Crippen molar-refractivity contribution in [2.75, 3.05) is 26.3 Å². The molecule has 8 nitrogen and oxygen atoms in total. The summed E-state index contributed by atoms with van der Waals surface area (Å²) in [4.78, 5) is 19.4. The summed E-state index contributed by atoms with van der Waals surface area (Å²) in [5.74, 6) is -0.105. The fourth-order valence-electron chi connectivity index (χ4n) is 4.40. The molecule has 3 aromatic heterocycles. The van der Waals surface area contributed by atoms with Crippen molar-refractivity contribution in [1.82, 2.24) is 34.7 Å². The number of halogens is 1. The van der Waals surface area contributed by atoms with Crippen LogP contribution in [0.5, 0.6) is 0 Å². The highest BCUT2D eigenvalue weighted by Gasteiger charge is 2.22. The topological polar surface area (TPSA) is 81.7 Å². The Kier molecular flexibility index (Phi) is 5.95. The van der Waals surface area contributed by atoms with Gasteiger partial charge in [-0.2, -0.15) is 5.10 Å². The van der Waals surface area contributed by atoms with E-state index < -0.39 is 0 Å². The number of Topliss-reactive ketones (excluding diaryl/α,β-unsaturated/α-hetero) is 1. The number of carbonyl (C=O) groups excluding carboxylic acids is 1. The molecule has 0 amide bonds. The molecule has 0 saturated carbocycles. The third-order valence-electron chi connectivity index (χ3n) is 6.29. The third kappa shape index (κ3) is 4.68. The molecule has 170 valence electrons. The third-order valence-corrected chi connectivity index (χ3v) is 6.29. The molecular weight excluding hydrogens is 421 g/mol. The van der Waals surface area contributed by atoms with Gasteiger partial charge in [-0.25, -0.2) is 9.07 Å². The summed E-state index contributed by atoms with van der Waals surface area (Å²) in [6, 6.07) is 8.32. The minimum Gasteiger partial charge on any atom is -0.301 e. The van der Waals surface area contributed by atoms with Gasteiger partial charge in [0.1, 0.15) is 12.4 Å². The van der Waals surface area contributed by atoms with E-state index in [4.69, 9.17) is 0 Å². The first-order chi connectivity index (χ1) is 16.1. The number of ketones is 1. The largest absolute Gasteiger partial charge is 0.301 e. The van der Waals surface area contributed by atoms with Gasteiger partial charge in [0, 0.05) is 55.7 Å². The lowest BCUT2D eigenvalue weighted by Crippen LogP contribution is -2.36. The van der Waals surface area contributed by atoms with Crippen LogP contribution in [-0.2, 0) is 13.5 Å². The zero-order valence-electron chi connectivity index (χ0n) is 18.6. The Morgan fingerprint density at radius 2 is 1.94 bits per heavy atom. The van der Waals surface area contributed by atoms with Crippen LogP contribution < -0.4 is 0 Å². The SMILES string of the molecule is Cn1cc(-c2ccc3cnc(CC(=O)c4cn(C5CCN(CCF)CC5)nn4)cc3c2)cn1. The highest BCUT2D eigenvalue weighted by molar-refractivity contribution is 5.96. The molecule has 0 spiro atoms. The number of aromatic nitrogens is 6. The fraction of sp³-hybridized carbons (Fsp3) is 0.375. The predicted molar refractivity (Wildman–Crippen MR) is 123 cm³/mol. The molecule has 0 unspecified atom stereocenters. The van der Waals surface area contributed by atoms with Gasteiger partial charge in [-0.1, -0.05) is 17.3 Å². The van der Waals surface area contributed by atoms with Gasteiger partial charge in [-0.05, 0) is 35.9 Å². The zero-order valence-corrected chi connectivity index (χ0v) is 18.6. The van der Waals surface area contributed by atoms with Crippen LogP contribution in [0.3, 0.4) is 0 Å². The van der Waals surface area contributed by atoms with Gasteiger partial charge in [-0.15, -0.1) is 5.10 Å². The van der Waals surface area contributed by atoms with Crippen molar-refractivity contribution in [3.05, 3.63) is 60.4 Å². The minimum atomic E-state index is -0.319. The second-order valence-electron chi connectivity index (χ2n) is 8.59. The van der Waals surface area contributed by atoms with Crippen LogP contribution in [0.1, 0.15) is 35.1 Å². The predicted octanol–water partition coefficient (Wildman–Crippen LogP) is 3.26. The van der Waals surface area contributed by atoms with E-state index in [1.54, 1.807) is 21.8 Å². The molecule has 0 N–H and O–H groups in total. The number of carbonyl (C=O) groups is 1. The quantitative estimate of drug-likeness (QED) is 0.405. The molecule has 4 heterocycles. The number of rotatable bonds is 7. The molecule has 0 atom stereocenters. The summed E-state index contributed by atoms with van der Waals surface area (Å²) in [7, 11) is 1.89. The lowest BCUT2D eigenvalue weighted by Gasteiger charge is -2.30. The van der Waals surface area contributed by atoms with Crippen molar-refractivity contribution in [3.63, 3.8) is 0 Å². The Labute approximate surface area is 191 Å². The Hall–Kier alpha value is -3.46. The lowest BCUT2D eigenvalue weighted by atomic mass is 10.0. The summed E-state index contributed by atoms with van der Waals surface area (Å²) in [5.41, 5.74) is 3.16. The summed E-state index contributed by atoms with van der Waals surface area (Å²) >= 11 is 0. The highest BCUT2D eigenvalue weighted by atomic mass is 19.1. The second-order valence-corrected chi connectivity index (χ2v) is 8.59.